The molecule has 26 heavy (non-hydrogen) atoms. The monoisotopic (exact) mass is 492 g/mol. The lowest BCUT2D eigenvalue weighted by molar-refractivity contribution is 0.232. The molecule has 2 fully saturated rings. The second kappa shape index (κ2) is 11.1. The molecule has 0 bridgehead atoms. The Hall–Kier alpha value is -0.800. The maximum absolute atomic E-state index is 6.26. The topological polar surface area (TPSA) is 55.8 Å². The van der Waals surface area contributed by atoms with Crippen LogP contribution in [-0.4, -0.2) is 68.2 Å². The summed E-state index contributed by atoms with van der Waals surface area (Å²) in [6.07, 6.45) is 6.90. The van der Waals surface area contributed by atoms with Crippen molar-refractivity contribution >= 4 is 47.4 Å². The molecule has 1 unspecified atom stereocenters. The summed E-state index contributed by atoms with van der Waals surface area (Å²) in [5, 5.41) is 7.69. The van der Waals surface area contributed by atoms with Crippen molar-refractivity contribution in [3.63, 3.8) is 0 Å². The average molecular weight is 493 g/mol. The van der Waals surface area contributed by atoms with E-state index in [9.17, 15) is 0 Å². The van der Waals surface area contributed by atoms with E-state index in [2.05, 4.69) is 30.4 Å². The highest BCUT2D eigenvalue weighted by atomic mass is 127. The van der Waals surface area contributed by atoms with Gasteiger partial charge in [-0.15, -0.1) is 24.0 Å². The second-order valence-electron chi connectivity index (χ2n) is 6.79. The number of guanidine groups is 1. The largest absolute Gasteiger partial charge is 0.355 e. The summed E-state index contributed by atoms with van der Waals surface area (Å²) < 4.78 is 0. The van der Waals surface area contributed by atoms with E-state index in [4.69, 9.17) is 11.6 Å². The van der Waals surface area contributed by atoms with E-state index in [1.807, 2.05) is 19.2 Å². The first-order valence-corrected chi connectivity index (χ1v) is 9.69. The Kier molecular flexibility index (Phi) is 9.21. The fraction of sp³-hybridized carbons (Fsp3) is 0.667. The number of hydrogen-bond acceptors (Lipinski definition) is 4. The number of nitrogens with zero attached hydrogens (tertiary/aromatic N) is 4. The molecule has 0 amide bonds. The fourth-order valence-electron chi connectivity index (χ4n) is 3.58. The highest BCUT2D eigenvalue weighted by Crippen LogP contribution is 2.25. The van der Waals surface area contributed by atoms with Crippen molar-refractivity contribution in [2.45, 2.75) is 31.7 Å². The highest BCUT2D eigenvalue weighted by Gasteiger charge is 2.25. The molecule has 1 aromatic rings. The van der Waals surface area contributed by atoms with E-state index in [-0.39, 0.29) is 24.0 Å². The molecule has 1 atom stereocenters. The minimum Gasteiger partial charge on any atom is -0.355 e. The number of hydrogen-bond donors (Lipinski definition) is 2. The molecule has 2 aliphatic rings. The summed E-state index contributed by atoms with van der Waals surface area (Å²) in [5.74, 6) is 1.76. The lowest BCUT2D eigenvalue weighted by Gasteiger charge is -2.27. The molecule has 0 saturated carbocycles. The average Bonchev–Trinajstić information content (AvgIpc) is 3.10. The molecule has 146 valence electrons. The molecular weight excluding hydrogens is 463 g/mol. The number of piperidine rings is 1. The third-order valence-corrected chi connectivity index (χ3v) is 5.26. The van der Waals surface area contributed by atoms with Crippen molar-refractivity contribution in [1.82, 2.24) is 20.5 Å². The van der Waals surface area contributed by atoms with E-state index in [0.717, 1.165) is 44.4 Å². The summed E-state index contributed by atoms with van der Waals surface area (Å²) in [4.78, 5) is 13.5. The summed E-state index contributed by atoms with van der Waals surface area (Å²) in [7, 11) is 1.83. The van der Waals surface area contributed by atoms with Gasteiger partial charge in [-0.3, -0.25) is 4.99 Å². The van der Waals surface area contributed by atoms with Crippen LogP contribution >= 0.6 is 35.6 Å². The molecule has 1 aromatic heterocycles. The summed E-state index contributed by atoms with van der Waals surface area (Å²) in [6.45, 7) is 6.33. The van der Waals surface area contributed by atoms with Crippen LogP contribution < -0.4 is 15.5 Å². The predicted molar refractivity (Wildman–Crippen MR) is 120 cm³/mol. The van der Waals surface area contributed by atoms with Crippen LogP contribution in [-0.2, 0) is 0 Å². The van der Waals surface area contributed by atoms with E-state index in [1.54, 1.807) is 6.20 Å². The van der Waals surface area contributed by atoms with Gasteiger partial charge in [-0.1, -0.05) is 18.0 Å². The van der Waals surface area contributed by atoms with Gasteiger partial charge < -0.3 is 20.4 Å². The van der Waals surface area contributed by atoms with Crippen LogP contribution in [0.2, 0.25) is 5.02 Å². The van der Waals surface area contributed by atoms with Crippen LogP contribution in [0.5, 0.6) is 0 Å². The number of anilines is 1. The molecule has 0 aromatic carbocycles. The second-order valence-corrected chi connectivity index (χ2v) is 7.19. The van der Waals surface area contributed by atoms with Crippen molar-refractivity contribution in [3.8, 4) is 0 Å². The Balaban J connectivity index is 0.00000243. The standard InChI is InChI=1S/C18H29ClN6.HI/c1-20-18(22-9-13-24-10-3-2-4-11-24)23-15-7-12-25(14-15)17-16(19)6-5-8-21-17;/h5-6,8,15H,2-4,7,9-14H2,1H3,(H2,20,22,23);1H. The predicted octanol–water partition coefficient (Wildman–Crippen LogP) is 2.58. The molecule has 2 N–H and O–H groups in total. The third-order valence-electron chi connectivity index (χ3n) is 4.96. The number of pyridine rings is 1. The lowest BCUT2D eigenvalue weighted by Crippen LogP contribution is -2.47. The van der Waals surface area contributed by atoms with Gasteiger partial charge in [0.2, 0.25) is 0 Å². The van der Waals surface area contributed by atoms with E-state index in [0.29, 0.717) is 11.1 Å². The van der Waals surface area contributed by atoms with Crippen LogP contribution in [0.4, 0.5) is 5.82 Å². The van der Waals surface area contributed by atoms with Crippen molar-refractivity contribution in [2.75, 3.05) is 51.2 Å². The first-order valence-electron chi connectivity index (χ1n) is 9.31. The Labute approximate surface area is 178 Å². The van der Waals surface area contributed by atoms with Crippen LogP contribution in [0.3, 0.4) is 0 Å². The quantitative estimate of drug-likeness (QED) is 0.376. The van der Waals surface area contributed by atoms with Gasteiger partial charge in [-0.2, -0.15) is 0 Å². The van der Waals surface area contributed by atoms with Crippen molar-refractivity contribution in [1.29, 1.82) is 0 Å². The van der Waals surface area contributed by atoms with Crippen molar-refractivity contribution < 1.29 is 0 Å². The third kappa shape index (κ3) is 6.13. The SMILES string of the molecule is CN=C(NCCN1CCCCC1)NC1CCN(c2ncccc2Cl)C1.I. The fourth-order valence-corrected chi connectivity index (χ4v) is 3.82. The molecular formula is C18H30ClIN6. The summed E-state index contributed by atoms with van der Waals surface area (Å²) in [5.41, 5.74) is 0. The number of aliphatic imine (C=N–C) groups is 1. The maximum atomic E-state index is 6.26. The van der Waals surface area contributed by atoms with Gasteiger partial charge in [0.25, 0.3) is 0 Å². The van der Waals surface area contributed by atoms with Gasteiger partial charge in [-0.05, 0) is 44.5 Å². The van der Waals surface area contributed by atoms with Gasteiger partial charge in [-0.25, -0.2) is 4.98 Å². The Morgan fingerprint density at radius 3 is 2.85 bits per heavy atom. The molecule has 2 aliphatic heterocycles. The first kappa shape index (κ1) is 21.5. The molecule has 6 nitrogen and oxygen atoms in total. The van der Waals surface area contributed by atoms with Gasteiger partial charge in [0, 0.05) is 45.5 Å². The van der Waals surface area contributed by atoms with Gasteiger partial charge in [0.1, 0.15) is 5.82 Å². The van der Waals surface area contributed by atoms with Gasteiger partial charge in [0.05, 0.1) is 5.02 Å². The van der Waals surface area contributed by atoms with Gasteiger partial charge in [0.15, 0.2) is 5.96 Å². The Morgan fingerprint density at radius 2 is 2.12 bits per heavy atom. The molecule has 0 aliphatic carbocycles. The molecule has 0 spiro atoms. The van der Waals surface area contributed by atoms with E-state index in [1.165, 1.54) is 32.4 Å². The number of nitrogens with one attached hydrogen (secondary N) is 2. The lowest BCUT2D eigenvalue weighted by atomic mass is 10.1. The normalized spacial score (nSPS) is 21.4. The van der Waals surface area contributed by atoms with Crippen molar-refractivity contribution in [2.24, 2.45) is 4.99 Å². The zero-order chi connectivity index (χ0) is 17.5. The molecule has 3 rings (SSSR count). The zero-order valence-electron chi connectivity index (χ0n) is 15.5. The molecule has 8 heteroatoms. The van der Waals surface area contributed by atoms with Crippen molar-refractivity contribution in [3.05, 3.63) is 23.4 Å². The molecule has 2 saturated heterocycles. The van der Waals surface area contributed by atoms with Crippen LogP contribution in [0.15, 0.2) is 23.3 Å². The maximum Gasteiger partial charge on any atom is 0.191 e. The number of rotatable bonds is 5. The summed E-state index contributed by atoms with van der Waals surface area (Å²) in [6, 6.07) is 4.12. The van der Waals surface area contributed by atoms with Crippen LogP contribution in [0.1, 0.15) is 25.7 Å². The highest BCUT2D eigenvalue weighted by molar-refractivity contribution is 14.0. The summed E-state index contributed by atoms with van der Waals surface area (Å²) >= 11 is 6.26. The Morgan fingerprint density at radius 1 is 1.31 bits per heavy atom. The first-order chi connectivity index (χ1) is 12.3. The molecule has 3 heterocycles. The van der Waals surface area contributed by atoms with Crippen LogP contribution in [0, 0.1) is 0 Å². The van der Waals surface area contributed by atoms with Gasteiger partial charge >= 0.3 is 0 Å². The Bertz CT molecular complexity index is 579. The smallest absolute Gasteiger partial charge is 0.191 e. The van der Waals surface area contributed by atoms with Crippen LogP contribution in [0.25, 0.3) is 0 Å². The van der Waals surface area contributed by atoms with E-state index < -0.39 is 0 Å². The minimum absolute atomic E-state index is 0. The number of aromatic nitrogens is 1. The molecule has 0 radical (unpaired) electrons. The zero-order valence-corrected chi connectivity index (χ0v) is 18.5. The minimum atomic E-state index is 0. The van der Waals surface area contributed by atoms with E-state index >= 15 is 0 Å². The number of likely N-dealkylation sites (tertiary alicyclic amines) is 1. The number of halogens is 2.